The molecule has 0 aromatic heterocycles. The fourth-order valence-corrected chi connectivity index (χ4v) is 5.33. The molecule has 2 amide bonds. The summed E-state index contributed by atoms with van der Waals surface area (Å²) in [5.41, 5.74) is 0.808. The summed E-state index contributed by atoms with van der Waals surface area (Å²) >= 11 is 6.02. The van der Waals surface area contributed by atoms with Crippen LogP contribution in [-0.2, 0) is 9.59 Å². The van der Waals surface area contributed by atoms with Crippen LogP contribution in [0.1, 0.15) is 29.6 Å². The number of amides is 2. The molecule has 3 aliphatic rings. The topological polar surface area (TPSA) is 63.7 Å². The van der Waals surface area contributed by atoms with Gasteiger partial charge in [0.25, 0.3) is 0 Å². The first-order chi connectivity index (χ1) is 13.5. The van der Waals surface area contributed by atoms with Crippen LogP contribution < -0.4 is 9.64 Å². The minimum absolute atomic E-state index is 0.0805. The fourth-order valence-electron chi connectivity index (χ4n) is 5.12. The van der Waals surface area contributed by atoms with Gasteiger partial charge in [0, 0.05) is 0 Å². The molecule has 28 heavy (non-hydrogen) atoms. The Labute approximate surface area is 167 Å². The standard InChI is InChI=1S/C22H18ClNO4/c23-17-4-2-1-3-16(17)22(27)28-15-9-7-14(8-10-15)24-20(25)18-12-5-6-13(11-12)19(18)21(24)26/h1-4,7-10,12-13,18-19H,5-6,11H2/t12-,13+,18-,19-/m0/s1. The van der Waals surface area contributed by atoms with E-state index in [2.05, 4.69) is 0 Å². The third-order valence-corrected chi connectivity index (χ3v) is 6.66. The van der Waals surface area contributed by atoms with Gasteiger partial charge in [-0.25, -0.2) is 4.79 Å². The van der Waals surface area contributed by atoms with Crippen LogP contribution in [0.5, 0.6) is 5.75 Å². The van der Waals surface area contributed by atoms with Gasteiger partial charge in [-0.15, -0.1) is 0 Å². The van der Waals surface area contributed by atoms with Crippen molar-refractivity contribution in [1.29, 1.82) is 0 Å². The lowest BCUT2D eigenvalue weighted by Crippen LogP contribution is -2.32. The average Bonchev–Trinajstić information content (AvgIpc) is 3.37. The van der Waals surface area contributed by atoms with Gasteiger partial charge >= 0.3 is 5.97 Å². The lowest BCUT2D eigenvalue weighted by atomic mass is 9.81. The molecule has 6 heteroatoms. The smallest absolute Gasteiger partial charge is 0.345 e. The van der Waals surface area contributed by atoms with Crippen molar-refractivity contribution in [2.45, 2.75) is 19.3 Å². The largest absolute Gasteiger partial charge is 0.423 e. The van der Waals surface area contributed by atoms with Crippen LogP contribution in [0.15, 0.2) is 48.5 Å². The molecule has 0 N–H and O–H groups in total. The number of carbonyl (C=O) groups excluding carboxylic acids is 3. The summed E-state index contributed by atoms with van der Waals surface area (Å²) in [6.45, 7) is 0. The molecule has 1 aliphatic heterocycles. The van der Waals surface area contributed by atoms with Crippen LogP contribution in [0.3, 0.4) is 0 Å². The minimum atomic E-state index is -0.558. The number of carbonyl (C=O) groups is 3. The molecule has 2 saturated carbocycles. The highest BCUT2D eigenvalue weighted by molar-refractivity contribution is 6.33. The van der Waals surface area contributed by atoms with E-state index in [1.807, 2.05) is 0 Å². The quantitative estimate of drug-likeness (QED) is 0.446. The van der Waals surface area contributed by atoms with Gasteiger partial charge in [0.05, 0.1) is 28.1 Å². The highest BCUT2D eigenvalue weighted by Crippen LogP contribution is 2.56. The molecular weight excluding hydrogens is 378 g/mol. The number of rotatable bonds is 3. The van der Waals surface area contributed by atoms with Gasteiger partial charge in [0.2, 0.25) is 11.8 Å². The summed E-state index contributed by atoms with van der Waals surface area (Å²) in [6.07, 6.45) is 3.11. The lowest BCUT2D eigenvalue weighted by molar-refractivity contribution is -0.123. The van der Waals surface area contributed by atoms with Crippen LogP contribution in [0, 0.1) is 23.7 Å². The number of hydrogen-bond acceptors (Lipinski definition) is 4. The molecule has 0 unspecified atom stereocenters. The highest BCUT2D eigenvalue weighted by Gasteiger charge is 2.61. The van der Waals surface area contributed by atoms with Gasteiger partial charge in [-0.2, -0.15) is 0 Å². The lowest BCUT2D eigenvalue weighted by Gasteiger charge is -2.19. The number of ether oxygens (including phenoxy) is 1. The van der Waals surface area contributed by atoms with Gasteiger partial charge in [0.15, 0.2) is 0 Å². The molecular formula is C22H18ClNO4. The normalized spacial score (nSPS) is 28.0. The Morgan fingerprint density at radius 3 is 2.14 bits per heavy atom. The Morgan fingerprint density at radius 1 is 0.929 bits per heavy atom. The van der Waals surface area contributed by atoms with Crippen molar-refractivity contribution in [2.75, 3.05) is 4.90 Å². The van der Waals surface area contributed by atoms with Crippen molar-refractivity contribution < 1.29 is 19.1 Å². The second-order valence-corrected chi connectivity index (χ2v) is 8.17. The fraction of sp³-hybridized carbons (Fsp3) is 0.318. The van der Waals surface area contributed by atoms with Crippen molar-refractivity contribution >= 4 is 35.1 Å². The van der Waals surface area contributed by atoms with E-state index in [1.165, 1.54) is 4.90 Å². The van der Waals surface area contributed by atoms with E-state index in [0.29, 0.717) is 28.3 Å². The maximum absolute atomic E-state index is 12.9. The van der Waals surface area contributed by atoms with Gasteiger partial charge in [-0.1, -0.05) is 23.7 Å². The van der Waals surface area contributed by atoms with E-state index in [9.17, 15) is 14.4 Å². The maximum Gasteiger partial charge on any atom is 0.345 e. The molecule has 3 fully saturated rings. The first-order valence-electron chi connectivity index (χ1n) is 9.49. The predicted molar refractivity (Wildman–Crippen MR) is 103 cm³/mol. The number of imide groups is 1. The summed E-state index contributed by atoms with van der Waals surface area (Å²) in [7, 11) is 0. The van der Waals surface area contributed by atoms with Crippen LogP contribution in [-0.4, -0.2) is 17.8 Å². The third-order valence-electron chi connectivity index (χ3n) is 6.33. The summed E-state index contributed by atoms with van der Waals surface area (Å²) in [4.78, 5) is 39.3. The molecule has 1 heterocycles. The zero-order chi connectivity index (χ0) is 19.4. The summed E-state index contributed by atoms with van der Waals surface area (Å²) in [6, 6.07) is 13.1. The van der Waals surface area contributed by atoms with E-state index in [1.54, 1.807) is 48.5 Å². The molecule has 2 bridgehead atoms. The van der Waals surface area contributed by atoms with E-state index < -0.39 is 5.97 Å². The van der Waals surface area contributed by atoms with Crippen molar-refractivity contribution in [1.82, 2.24) is 0 Å². The van der Waals surface area contributed by atoms with Crippen molar-refractivity contribution in [3.63, 3.8) is 0 Å². The SMILES string of the molecule is O=C(Oc1ccc(N2C(=O)[C@H]3[C@@H]4CC[C@@H](C4)[C@@H]3C2=O)cc1)c1ccccc1Cl. The van der Waals surface area contributed by atoms with Crippen LogP contribution in [0.2, 0.25) is 5.02 Å². The van der Waals surface area contributed by atoms with Gasteiger partial charge < -0.3 is 4.74 Å². The zero-order valence-electron chi connectivity index (χ0n) is 15.0. The van der Waals surface area contributed by atoms with E-state index in [0.717, 1.165) is 19.3 Å². The first kappa shape index (κ1) is 17.4. The second kappa shape index (κ2) is 6.45. The van der Waals surface area contributed by atoms with Gasteiger partial charge in [-0.05, 0) is 67.5 Å². The first-order valence-corrected chi connectivity index (χ1v) is 9.87. The van der Waals surface area contributed by atoms with E-state index >= 15 is 0 Å². The second-order valence-electron chi connectivity index (χ2n) is 7.76. The molecule has 0 spiro atoms. The Balaban J connectivity index is 1.35. The minimum Gasteiger partial charge on any atom is -0.423 e. The molecule has 142 valence electrons. The number of anilines is 1. The third kappa shape index (κ3) is 2.57. The summed E-state index contributed by atoms with van der Waals surface area (Å²) in [5, 5.41) is 0.318. The number of fused-ring (bicyclic) bond motifs is 5. The number of esters is 1. The van der Waals surface area contributed by atoms with Crippen molar-refractivity contribution in [2.24, 2.45) is 23.7 Å². The van der Waals surface area contributed by atoms with Crippen LogP contribution in [0.4, 0.5) is 5.69 Å². The number of halogens is 1. The molecule has 1 saturated heterocycles. The van der Waals surface area contributed by atoms with Crippen molar-refractivity contribution in [3.8, 4) is 5.75 Å². The summed E-state index contributed by atoms with van der Waals surface area (Å²) in [5.74, 6) is 0.0180. The average molecular weight is 396 g/mol. The molecule has 5 nitrogen and oxygen atoms in total. The predicted octanol–water partition coefficient (Wildman–Crippen LogP) is 4.09. The molecule has 4 atom stereocenters. The van der Waals surface area contributed by atoms with Crippen LogP contribution in [0.25, 0.3) is 0 Å². The zero-order valence-corrected chi connectivity index (χ0v) is 15.8. The molecule has 2 aromatic carbocycles. The Bertz CT molecular complexity index is 958. The van der Waals surface area contributed by atoms with Gasteiger partial charge in [-0.3, -0.25) is 14.5 Å². The monoisotopic (exact) mass is 395 g/mol. The summed E-state index contributed by atoms with van der Waals surface area (Å²) < 4.78 is 5.36. The Morgan fingerprint density at radius 2 is 1.54 bits per heavy atom. The molecule has 5 rings (SSSR count). The number of nitrogens with zero attached hydrogens (tertiary/aromatic N) is 1. The molecule has 2 aromatic rings. The van der Waals surface area contributed by atoms with Crippen molar-refractivity contribution in [3.05, 3.63) is 59.1 Å². The molecule has 0 radical (unpaired) electrons. The Kier molecular flexibility index (Phi) is 4.02. The Hall–Kier alpha value is -2.66. The maximum atomic E-state index is 12.9. The highest BCUT2D eigenvalue weighted by atomic mass is 35.5. The van der Waals surface area contributed by atoms with E-state index in [-0.39, 0.29) is 29.2 Å². The van der Waals surface area contributed by atoms with Crippen LogP contribution >= 0.6 is 11.6 Å². The number of benzene rings is 2. The van der Waals surface area contributed by atoms with Gasteiger partial charge in [0.1, 0.15) is 5.75 Å². The van der Waals surface area contributed by atoms with E-state index in [4.69, 9.17) is 16.3 Å². The molecule has 2 aliphatic carbocycles. The number of hydrogen-bond donors (Lipinski definition) is 0.